The second-order valence-corrected chi connectivity index (χ2v) is 7.41. The van der Waals surface area contributed by atoms with Crippen LogP contribution in [0, 0.1) is 12.7 Å². The molecule has 0 bridgehead atoms. The van der Waals surface area contributed by atoms with Crippen molar-refractivity contribution in [3.05, 3.63) is 101 Å². The Morgan fingerprint density at radius 1 is 1.10 bits per heavy atom. The van der Waals surface area contributed by atoms with Crippen molar-refractivity contribution in [2.75, 3.05) is 37.6 Å². The molecule has 1 aliphatic heterocycles. The minimum atomic E-state index is -0.246. The molecule has 1 saturated heterocycles. The van der Waals surface area contributed by atoms with Crippen LogP contribution in [-0.4, -0.2) is 37.6 Å². The van der Waals surface area contributed by atoms with E-state index in [9.17, 15) is 4.39 Å². The maximum Gasteiger partial charge on any atom is 0.147 e. The van der Waals surface area contributed by atoms with E-state index in [-0.39, 0.29) is 5.82 Å². The summed E-state index contributed by atoms with van der Waals surface area (Å²) in [7, 11) is 0. The Bertz CT molecular complexity index is 822. The highest BCUT2D eigenvalue weighted by atomic mass is 35.5. The largest absolute Gasteiger partial charge is 0.367 e. The third-order valence-electron chi connectivity index (χ3n) is 4.79. The topological polar surface area (TPSA) is 6.48 Å². The van der Waals surface area contributed by atoms with Crippen molar-refractivity contribution in [3.63, 3.8) is 0 Å². The molecule has 2 nitrogen and oxygen atoms in total. The van der Waals surface area contributed by atoms with Gasteiger partial charge in [0.25, 0.3) is 0 Å². The van der Waals surface area contributed by atoms with Crippen LogP contribution in [0.3, 0.4) is 0 Å². The molecule has 1 aliphatic rings. The van der Waals surface area contributed by atoms with Gasteiger partial charge < -0.3 is 4.90 Å². The Balaban J connectivity index is 0.000000360. The number of rotatable bonds is 5. The zero-order valence-electron chi connectivity index (χ0n) is 17.3. The van der Waals surface area contributed by atoms with E-state index >= 15 is 0 Å². The molecule has 154 valence electrons. The average molecular weight is 413 g/mol. The van der Waals surface area contributed by atoms with Crippen LogP contribution in [0.5, 0.6) is 0 Å². The van der Waals surface area contributed by atoms with Crippen LogP contribution >= 0.6 is 11.6 Å². The summed E-state index contributed by atoms with van der Waals surface area (Å²) in [5, 5.41) is 0.437. The summed E-state index contributed by atoms with van der Waals surface area (Å²) in [4.78, 5) is 4.46. The van der Waals surface area contributed by atoms with Gasteiger partial charge in [0.15, 0.2) is 0 Å². The van der Waals surface area contributed by atoms with E-state index in [1.165, 1.54) is 17.2 Å². The first-order valence-corrected chi connectivity index (χ1v) is 10.3. The summed E-state index contributed by atoms with van der Waals surface area (Å²) in [5.41, 5.74) is 3.23. The first kappa shape index (κ1) is 22.9. The Morgan fingerprint density at radius 3 is 2.31 bits per heavy atom. The summed E-state index contributed by atoms with van der Waals surface area (Å²) in [6.45, 7) is 12.2. The summed E-state index contributed by atoms with van der Waals surface area (Å²) in [5.74, 6) is -0.246. The molecule has 0 saturated carbocycles. The summed E-state index contributed by atoms with van der Waals surface area (Å²) < 4.78 is 14.0. The molecular weight excluding hydrogens is 383 g/mol. The van der Waals surface area contributed by atoms with Gasteiger partial charge >= 0.3 is 0 Å². The van der Waals surface area contributed by atoms with E-state index in [1.54, 1.807) is 18.2 Å². The van der Waals surface area contributed by atoms with Gasteiger partial charge in [-0.1, -0.05) is 78.4 Å². The number of piperazine rings is 1. The third kappa shape index (κ3) is 7.88. The lowest BCUT2D eigenvalue weighted by molar-refractivity contribution is 0.279. The fourth-order valence-corrected chi connectivity index (χ4v) is 3.27. The third-order valence-corrected chi connectivity index (χ3v) is 5.02. The maximum atomic E-state index is 14.0. The first-order chi connectivity index (χ1) is 14.0. The minimum Gasteiger partial charge on any atom is -0.367 e. The van der Waals surface area contributed by atoms with Crippen LogP contribution in [0.25, 0.3) is 0 Å². The fourth-order valence-electron chi connectivity index (χ4n) is 3.11. The van der Waals surface area contributed by atoms with Crippen LogP contribution in [0.4, 0.5) is 10.1 Å². The van der Waals surface area contributed by atoms with E-state index in [2.05, 4.69) is 47.6 Å². The van der Waals surface area contributed by atoms with Crippen molar-refractivity contribution in [3.8, 4) is 0 Å². The van der Waals surface area contributed by atoms with Gasteiger partial charge in [-0.25, -0.2) is 4.39 Å². The maximum absolute atomic E-state index is 14.0. The normalized spacial score (nSPS) is 15.2. The Kier molecular flexibility index (Phi) is 9.69. The molecule has 1 heterocycles. The second kappa shape index (κ2) is 12.3. The molecule has 0 unspecified atom stereocenters. The molecule has 0 spiro atoms. The van der Waals surface area contributed by atoms with E-state index in [0.717, 1.165) is 32.7 Å². The number of hydrogen-bond acceptors (Lipinski definition) is 2. The van der Waals surface area contributed by atoms with Crippen LogP contribution < -0.4 is 4.90 Å². The van der Waals surface area contributed by atoms with Gasteiger partial charge in [0.05, 0.1) is 5.69 Å². The molecule has 0 atom stereocenters. The van der Waals surface area contributed by atoms with Gasteiger partial charge in [0.1, 0.15) is 5.82 Å². The quantitative estimate of drug-likeness (QED) is 0.533. The zero-order chi connectivity index (χ0) is 21.1. The predicted molar refractivity (Wildman–Crippen MR) is 124 cm³/mol. The predicted octanol–water partition coefficient (Wildman–Crippen LogP) is 6.28. The van der Waals surface area contributed by atoms with Crippen molar-refractivity contribution in [2.45, 2.75) is 13.8 Å². The fraction of sp³-hybridized carbons (Fsp3) is 0.280. The highest BCUT2D eigenvalue weighted by Crippen LogP contribution is 2.24. The Hall–Kier alpha value is -2.36. The van der Waals surface area contributed by atoms with Crippen LogP contribution in [0.2, 0.25) is 5.02 Å². The van der Waals surface area contributed by atoms with Crippen LogP contribution in [-0.2, 0) is 0 Å². The average Bonchev–Trinajstić information content (AvgIpc) is 2.73. The van der Waals surface area contributed by atoms with Gasteiger partial charge in [-0.2, -0.15) is 0 Å². The monoisotopic (exact) mass is 412 g/mol. The summed E-state index contributed by atoms with van der Waals surface area (Å²) in [6.07, 6.45) is 7.93. The van der Waals surface area contributed by atoms with Crippen molar-refractivity contribution in [1.29, 1.82) is 0 Å². The molecule has 1 fully saturated rings. The molecule has 0 radical (unpaired) electrons. The number of benzene rings is 2. The van der Waals surface area contributed by atoms with E-state index < -0.39 is 0 Å². The first-order valence-electron chi connectivity index (χ1n) is 9.91. The second-order valence-electron chi connectivity index (χ2n) is 6.97. The van der Waals surface area contributed by atoms with Gasteiger partial charge in [-0.3, -0.25) is 4.90 Å². The lowest BCUT2D eigenvalue weighted by Gasteiger charge is -2.36. The van der Waals surface area contributed by atoms with Gasteiger partial charge in [0.2, 0.25) is 0 Å². The molecular formula is C25H30ClFN2. The Morgan fingerprint density at radius 2 is 1.79 bits per heavy atom. The Labute approximate surface area is 179 Å². The number of nitrogens with zero attached hydrogens (tertiary/aromatic N) is 2. The van der Waals surface area contributed by atoms with Gasteiger partial charge in [0, 0.05) is 37.7 Å². The number of allylic oxidation sites excluding steroid dienone is 3. The smallest absolute Gasteiger partial charge is 0.147 e. The highest BCUT2D eigenvalue weighted by Gasteiger charge is 2.19. The number of halogens is 2. The zero-order valence-corrected chi connectivity index (χ0v) is 18.1. The van der Waals surface area contributed by atoms with E-state index in [1.807, 2.05) is 31.2 Å². The number of aryl methyl sites for hydroxylation is 1. The highest BCUT2D eigenvalue weighted by molar-refractivity contribution is 6.30. The molecule has 0 aliphatic carbocycles. The molecule has 0 aromatic heterocycles. The van der Waals surface area contributed by atoms with Crippen molar-refractivity contribution < 1.29 is 4.39 Å². The molecule has 0 N–H and O–H groups in total. The van der Waals surface area contributed by atoms with E-state index in [4.69, 9.17) is 11.6 Å². The van der Waals surface area contributed by atoms with Gasteiger partial charge in [-0.05, 0) is 37.6 Å². The van der Waals surface area contributed by atoms with Gasteiger partial charge in [-0.15, -0.1) is 0 Å². The summed E-state index contributed by atoms with van der Waals surface area (Å²) in [6, 6.07) is 15.1. The number of anilines is 1. The van der Waals surface area contributed by atoms with Crippen molar-refractivity contribution in [1.82, 2.24) is 4.90 Å². The van der Waals surface area contributed by atoms with Crippen LogP contribution in [0.15, 0.2) is 85.0 Å². The molecule has 2 aromatic rings. The molecule has 29 heavy (non-hydrogen) atoms. The molecule has 0 amide bonds. The lowest BCUT2D eigenvalue weighted by atomic mass is 10.2. The standard InChI is InChI=1S/C18H22ClFN2.C7H8/c1-3-5-6-15(4-2)14-21-9-11-22(12-10-21)18-8-7-16(19)13-17(18)20;1-7-5-3-2-4-6-7/h3-8,13H,1,9-12,14H2,2H3;2-6H,1H3/b6-5-,15-4+;. The SMILES string of the molecule is C=C/C=C\C(=C/C)CN1CCN(c2ccc(Cl)cc2F)CC1.Cc1ccccc1. The van der Waals surface area contributed by atoms with Crippen LogP contribution in [0.1, 0.15) is 12.5 Å². The van der Waals surface area contributed by atoms with E-state index in [0.29, 0.717) is 10.7 Å². The minimum absolute atomic E-state index is 0.246. The lowest BCUT2D eigenvalue weighted by Crippen LogP contribution is -2.47. The van der Waals surface area contributed by atoms with Crippen molar-refractivity contribution >= 4 is 17.3 Å². The number of hydrogen-bond donors (Lipinski definition) is 0. The molecule has 2 aromatic carbocycles. The molecule has 3 rings (SSSR count). The molecule has 4 heteroatoms. The van der Waals surface area contributed by atoms with Crippen molar-refractivity contribution in [2.24, 2.45) is 0 Å². The summed E-state index contributed by atoms with van der Waals surface area (Å²) >= 11 is 5.81.